The van der Waals surface area contributed by atoms with Gasteiger partial charge < -0.3 is 10.2 Å². The maximum absolute atomic E-state index is 12.7. The van der Waals surface area contributed by atoms with Gasteiger partial charge in [0.1, 0.15) is 0 Å². The molecule has 138 valence electrons. The Kier molecular flexibility index (Phi) is 5.82. The highest BCUT2D eigenvalue weighted by atomic mass is 32.1. The second-order valence-electron chi connectivity index (χ2n) is 6.22. The number of thiophene rings is 1. The van der Waals surface area contributed by atoms with Crippen LogP contribution < -0.4 is 10.9 Å². The van der Waals surface area contributed by atoms with Gasteiger partial charge in [0.2, 0.25) is 5.91 Å². The molecule has 2 aromatic rings. The van der Waals surface area contributed by atoms with Gasteiger partial charge in [0.05, 0.1) is 16.6 Å². The molecule has 0 bridgehead atoms. The SMILES string of the molecule is CCNC(=O)c1ccc(C2CCCN2C(=O)CCc2ccc(=O)[nH]n2)s1. The topological polar surface area (TPSA) is 95.2 Å². The van der Waals surface area contributed by atoms with Crippen LogP contribution in [-0.2, 0) is 11.2 Å². The normalized spacial score (nSPS) is 16.7. The zero-order valence-corrected chi connectivity index (χ0v) is 15.5. The van der Waals surface area contributed by atoms with Gasteiger partial charge >= 0.3 is 0 Å². The fraction of sp³-hybridized carbons (Fsp3) is 0.444. The van der Waals surface area contributed by atoms with E-state index in [2.05, 4.69) is 15.5 Å². The van der Waals surface area contributed by atoms with Crippen LogP contribution in [0.2, 0.25) is 0 Å². The average molecular weight is 374 g/mol. The minimum atomic E-state index is -0.250. The molecule has 0 radical (unpaired) electrons. The van der Waals surface area contributed by atoms with E-state index in [0.29, 0.717) is 30.0 Å². The number of aromatic nitrogens is 2. The molecule has 0 spiro atoms. The predicted octanol–water partition coefficient (Wildman–Crippen LogP) is 1.88. The maximum Gasteiger partial charge on any atom is 0.264 e. The molecule has 1 saturated heterocycles. The van der Waals surface area contributed by atoms with Gasteiger partial charge in [0.15, 0.2) is 0 Å². The summed E-state index contributed by atoms with van der Waals surface area (Å²) in [6.45, 7) is 3.22. The van der Waals surface area contributed by atoms with Crippen molar-refractivity contribution in [2.75, 3.05) is 13.1 Å². The van der Waals surface area contributed by atoms with E-state index < -0.39 is 0 Å². The zero-order chi connectivity index (χ0) is 18.5. The first-order chi connectivity index (χ1) is 12.6. The molecule has 2 aromatic heterocycles. The number of H-pyrrole nitrogens is 1. The van der Waals surface area contributed by atoms with E-state index in [1.807, 2.05) is 24.0 Å². The smallest absolute Gasteiger partial charge is 0.264 e. The molecule has 1 aliphatic heterocycles. The highest BCUT2D eigenvalue weighted by Gasteiger charge is 2.31. The Bertz CT molecular complexity index is 824. The highest BCUT2D eigenvalue weighted by Crippen LogP contribution is 2.36. The fourth-order valence-electron chi connectivity index (χ4n) is 3.15. The van der Waals surface area contributed by atoms with Gasteiger partial charge in [-0.3, -0.25) is 14.4 Å². The number of likely N-dealkylation sites (tertiary alicyclic amines) is 1. The van der Waals surface area contributed by atoms with Gasteiger partial charge in [-0.15, -0.1) is 11.3 Å². The summed E-state index contributed by atoms with van der Waals surface area (Å²) in [5.41, 5.74) is 0.448. The second kappa shape index (κ2) is 8.27. The van der Waals surface area contributed by atoms with E-state index in [1.165, 1.54) is 17.4 Å². The molecule has 1 unspecified atom stereocenters. The van der Waals surface area contributed by atoms with Gasteiger partial charge in [-0.2, -0.15) is 5.10 Å². The van der Waals surface area contributed by atoms with E-state index >= 15 is 0 Å². The molecule has 26 heavy (non-hydrogen) atoms. The summed E-state index contributed by atoms with van der Waals surface area (Å²) in [7, 11) is 0. The molecular formula is C18H22N4O3S. The standard InChI is InChI=1S/C18H22N4O3S/c1-2-19-18(25)15-8-7-14(26-15)13-4-3-11-22(13)17(24)10-6-12-5-9-16(23)21-20-12/h5,7-9,13H,2-4,6,10-11H2,1H3,(H,19,25)(H,21,23). The number of hydrogen-bond donors (Lipinski definition) is 2. The molecule has 7 nitrogen and oxygen atoms in total. The third-order valence-electron chi connectivity index (χ3n) is 4.42. The van der Waals surface area contributed by atoms with Crippen LogP contribution in [0.5, 0.6) is 0 Å². The van der Waals surface area contributed by atoms with E-state index in [0.717, 1.165) is 24.3 Å². The number of rotatable bonds is 6. The van der Waals surface area contributed by atoms with E-state index in [4.69, 9.17) is 0 Å². The van der Waals surface area contributed by atoms with Crippen molar-refractivity contribution < 1.29 is 9.59 Å². The van der Waals surface area contributed by atoms with Gasteiger partial charge in [-0.05, 0) is 38.0 Å². The monoisotopic (exact) mass is 374 g/mol. The lowest BCUT2D eigenvalue weighted by molar-refractivity contribution is -0.132. The van der Waals surface area contributed by atoms with Crippen molar-refractivity contribution in [3.63, 3.8) is 0 Å². The summed E-state index contributed by atoms with van der Waals surface area (Å²) in [5.74, 6) is 0.0113. The van der Waals surface area contributed by atoms with Crippen molar-refractivity contribution in [3.8, 4) is 0 Å². The van der Waals surface area contributed by atoms with Gasteiger partial charge in [-0.1, -0.05) is 0 Å². The number of nitrogens with zero attached hydrogens (tertiary/aromatic N) is 2. The fourth-order valence-corrected chi connectivity index (χ4v) is 4.23. The Balaban J connectivity index is 1.63. The van der Waals surface area contributed by atoms with Crippen LogP contribution in [0.4, 0.5) is 0 Å². The van der Waals surface area contributed by atoms with Crippen LogP contribution >= 0.6 is 11.3 Å². The first kappa shape index (κ1) is 18.3. The number of hydrogen-bond acceptors (Lipinski definition) is 5. The summed E-state index contributed by atoms with van der Waals surface area (Å²) in [6, 6.07) is 6.88. The maximum atomic E-state index is 12.7. The van der Waals surface area contributed by atoms with Crippen LogP contribution in [-0.4, -0.2) is 40.0 Å². The lowest BCUT2D eigenvalue weighted by atomic mass is 10.1. The summed E-state index contributed by atoms with van der Waals surface area (Å²) in [5, 5.41) is 9.13. The minimum absolute atomic E-state index is 0.0409. The third kappa shape index (κ3) is 4.19. The summed E-state index contributed by atoms with van der Waals surface area (Å²) >= 11 is 1.46. The Morgan fingerprint density at radius 2 is 2.19 bits per heavy atom. The summed E-state index contributed by atoms with van der Waals surface area (Å²) in [6.07, 6.45) is 2.72. The Morgan fingerprint density at radius 1 is 1.35 bits per heavy atom. The highest BCUT2D eigenvalue weighted by molar-refractivity contribution is 7.14. The van der Waals surface area contributed by atoms with E-state index in [1.54, 1.807) is 6.07 Å². The lowest BCUT2D eigenvalue weighted by Gasteiger charge is -2.24. The van der Waals surface area contributed by atoms with Crippen molar-refractivity contribution >= 4 is 23.2 Å². The first-order valence-electron chi connectivity index (χ1n) is 8.80. The van der Waals surface area contributed by atoms with Crippen LogP contribution in [0.1, 0.15) is 52.5 Å². The van der Waals surface area contributed by atoms with Gasteiger partial charge in [0.25, 0.3) is 11.5 Å². The molecule has 2 N–H and O–H groups in total. The Hall–Kier alpha value is -2.48. The van der Waals surface area contributed by atoms with Crippen LogP contribution in [0, 0.1) is 0 Å². The van der Waals surface area contributed by atoms with Gasteiger partial charge in [-0.25, -0.2) is 5.10 Å². The summed E-state index contributed by atoms with van der Waals surface area (Å²) in [4.78, 5) is 39.3. The molecular weight excluding hydrogens is 352 g/mol. The zero-order valence-electron chi connectivity index (χ0n) is 14.7. The number of aryl methyl sites for hydroxylation is 1. The van der Waals surface area contributed by atoms with Crippen LogP contribution in [0.25, 0.3) is 0 Å². The molecule has 1 atom stereocenters. The number of carbonyl (C=O) groups is 2. The van der Waals surface area contributed by atoms with Crippen molar-refractivity contribution in [2.24, 2.45) is 0 Å². The molecule has 0 aliphatic carbocycles. The van der Waals surface area contributed by atoms with Crippen molar-refractivity contribution in [3.05, 3.63) is 50.1 Å². The Morgan fingerprint density at radius 3 is 2.92 bits per heavy atom. The molecule has 3 heterocycles. The minimum Gasteiger partial charge on any atom is -0.352 e. The number of carbonyl (C=O) groups excluding carboxylic acids is 2. The number of amides is 2. The Labute approximate surface area is 155 Å². The van der Waals surface area contributed by atoms with Crippen molar-refractivity contribution in [1.29, 1.82) is 0 Å². The molecule has 8 heteroatoms. The number of nitrogens with one attached hydrogen (secondary N) is 2. The van der Waals surface area contributed by atoms with Crippen LogP contribution in [0.3, 0.4) is 0 Å². The first-order valence-corrected chi connectivity index (χ1v) is 9.62. The second-order valence-corrected chi connectivity index (χ2v) is 7.33. The summed E-state index contributed by atoms with van der Waals surface area (Å²) < 4.78 is 0. The lowest BCUT2D eigenvalue weighted by Crippen LogP contribution is -2.30. The molecule has 0 aromatic carbocycles. The number of aromatic amines is 1. The van der Waals surface area contributed by atoms with E-state index in [9.17, 15) is 14.4 Å². The molecule has 3 rings (SSSR count). The average Bonchev–Trinajstić information content (AvgIpc) is 3.30. The van der Waals surface area contributed by atoms with Crippen molar-refractivity contribution in [1.82, 2.24) is 20.4 Å². The third-order valence-corrected chi connectivity index (χ3v) is 5.61. The molecule has 2 amide bonds. The molecule has 1 aliphatic rings. The molecule has 0 saturated carbocycles. The van der Waals surface area contributed by atoms with E-state index in [-0.39, 0.29) is 23.4 Å². The van der Waals surface area contributed by atoms with Crippen molar-refractivity contribution in [2.45, 2.75) is 38.6 Å². The largest absolute Gasteiger partial charge is 0.352 e. The van der Waals surface area contributed by atoms with Crippen LogP contribution in [0.15, 0.2) is 29.1 Å². The molecule has 1 fully saturated rings. The van der Waals surface area contributed by atoms with Gasteiger partial charge in [0, 0.05) is 36.9 Å². The predicted molar refractivity (Wildman–Crippen MR) is 99.2 cm³/mol. The quantitative estimate of drug-likeness (QED) is 0.807.